The molecule has 6 nitrogen and oxygen atoms in total. The third-order valence-corrected chi connectivity index (χ3v) is 2.99. The van der Waals surface area contributed by atoms with Crippen LogP contribution in [0.15, 0.2) is 6.20 Å². The molecule has 2 aromatic rings. The van der Waals surface area contributed by atoms with Crippen LogP contribution in [0, 0.1) is 6.92 Å². The Balaban J connectivity index is 2.53. The second-order valence-corrected chi connectivity index (χ2v) is 4.15. The molecule has 0 aliphatic rings. The molecule has 0 aromatic carbocycles. The van der Waals surface area contributed by atoms with Crippen molar-refractivity contribution < 1.29 is 0 Å². The molecule has 0 radical (unpaired) electrons. The first-order chi connectivity index (χ1) is 8.06. The number of aromatic nitrogens is 4. The van der Waals surface area contributed by atoms with E-state index in [0.717, 1.165) is 35.6 Å². The molecule has 92 valence electrons. The first-order valence-corrected chi connectivity index (χ1v) is 5.67. The molecular weight excluding hydrogens is 216 g/mol. The summed E-state index contributed by atoms with van der Waals surface area (Å²) in [4.78, 5) is 4.50. The third kappa shape index (κ3) is 1.75. The summed E-state index contributed by atoms with van der Waals surface area (Å²) in [6.45, 7) is 4.07. The van der Waals surface area contributed by atoms with Crippen molar-refractivity contribution in [3.8, 4) is 11.3 Å². The zero-order valence-electron chi connectivity index (χ0n) is 10.4. The van der Waals surface area contributed by atoms with Gasteiger partial charge in [0.2, 0.25) is 0 Å². The van der Waals surface area contributed by atoms with Gasteiger partial charge < -0.3 is 11.6 Å². The van der Waals surface area contributed by atoms with Crippen LogP contribution in [-0.4, -0.2) is 19.4 Å². The van der Waals surface area contributed by atoms with E-state index in [2.05, 4.69) is 17.0 Å². The Morgan fingerprint density at radius 3 is 2.65 bits per heavy atom. The van der Waals surface area contributed by atoms with Crippen LogP contribution < -0.4 is 11.6 Å². The summed E-state index contributed by atoms with van der Waals surface area (Å²) in [5.41, 5.74) is 8.67. The Morgan fingerprint density at radius 2 is 2.12 bits per heavy atom. The predicted octanol–water partition coefficient (Wildman–Crippen LogP) is 0.841. The standard InChI is InChI=1S/C11H18N6/c1-4-5-9-15-10(11(12)17(9)13)8-6-14-16(3)7(8)2/h6H,4-5,12-13H2,1-3H3. The van der Waals surface area contributed by atoms with Crippen molar-refractivity contribution in [1.29, 1.82) is 0 Å². The topological polar surface area (TPSA) is 87.7 Å². The van der Waals surface area contributed by atoms with Gasteiger partial charge in [0.15, 0.2) is 5.82 Å². The highest BCUT2D eigenvalue weighted by molar-refractivity contribution is 5.72. The van der Waals surface area contributed by atoms with E-state index in [1.54, 1.807) is 10.9 Å². The van der Waals surface area contributed by atoms with E-state index >= 15 is 0 Å². The summed E-state index contributed by atoms with van der Waals surface area (Å²) in [5.74, 6) is 7.18. The average molecular weight is 234 g/mol. The molecule has 2 heterocycles. The largest absolute Gasteiger partial charge is 0.382 e. The number of aryl methyl sites for hydroxylation is 2. The number of anilines is 1. The number of nitrogens with two attached hydrogens (primary N) is 2. The molecule has 0 atom stereocenters. The van der Waals surface area contributed by atoms with Crippen LogP contribution in [0.4, 0.5) is 5.82 Å². The van der Waals surface area contributed by atoms with Crippen molar-refractivity contribution in [2.45, 2.75) is 26.7 Å². The number of nitrogen functional groups attached to an aromatic ring is 2. The molecule has 2 aromatic heterocycles. The van der Waals surface area contributed by atoms with Gasteiger partial charge in [-0.2, -0.15) is 5.10 Å². The average Bonchev–Trinajstić information content (AvgIpc) is 2.76. The van der Waals surface area contributed by atoms with Gasteiger partial charge in [-0.05, 0) is 13.3 Å². The summed E-state index contributed by atoms with van der Waals surface area (Å²) in [5, 5.41) is 4.19. The molecule has 0 spiro atoms. The predicted molar refractivity (Wildman–Crippen MR) is 67.7 cm³/mol. The van der Waals surface area contributed by atoms with Crippen molar-refractivity contribution in [2.24, 2.45) is 7.05 Å². The highest BCUT2D eigenvalue weighted by Crippen LogP contribution is 2.27. The molecule has 0 unspecified atom stereocenters. The lowest BCUT2D eigenvalue weighted by molar-refractivity contribution is 0.740. The van der Waals surface area contributed by atoms with Crippen LogP contribution >= 0.6 is 0 Å². The van der Waals surface area contributed by atoms with Crippen LogP contribution in [0.25, 0.3) is 11.3 Å². The summed E-state index contributed by atoms with van der Waals surface area (Å²) >= 11 is 0. The molecule has 0 amide bonds. The number of hydrogen-bond acceptors (Lipinski definition) is 4. The molecule has 0 aliphatic heterocycles. The van der Waals surface area contributed by atoms with E-state index in [9.17, 15) is 0 Å². The first-order valence-electron chi connectivity index (χ1n) is 5.67. The first kappa shape index (κ1) is 11.5. The normalized spacial score (nSPS) is 11.0. The van der Waals surface area contributed by atoms with Crippen LogP contribution in [0.2, 0.25) is 0 Å². The molecule has 0 aliphatic carbocycles. The zero-order chi connectivity index (χ0) is 12.6. The Labute approximate surface area is 100 Å². The van der Waals surface area contributed by atoms with Gasteiger partial charge in [0.25, 0.3) is 0 Å². The fraction of sp³-hybridized carbons (Fsp3) is 0.455. The third-order valence-electron chi connectivity index (χ3n) is 2.99. The Kier molecular flexibility index (Phi) is 2.79. The summed E-state index contributed by atoms with van der Waals surface area (Å²) in [6.07, 6.45) is 3.57. The van der Waals surface area contributed by atoms with Gasteiger partial charge >= 0.3 is 0 Å². The maximum atomic E-state index is 5.98. The molecule has 17 heavy (non-hydrogen) atoms. The number of nitrogens with zero attached hydrogens (tertiary/aromatic N) is 4. The fourth-order valence-electron chi connectivity index (χ4n) is 1.82. The van der Waals surface area contributed by atoms with Gasteiger partial charge in [0, 0.05) is 24.7 Å². The Hall–Kier alpha value is -1.98. The second kappa shape index (κ2) is 4.12. The molecule has 6 heteroatoms. The molecule has 4 N–H and O–H groups in total. The maximum absolute atomic E-state index is 5.98. The minimum atomic E-state index is 0.490. The highest BCUT2D eigenvalue weighted by atomic mass is 15.4. The van der Waals surface area contributed by atoms with Crippen molar-refractivity contribution in [3.63, 3.8) is 0 Å². The molecule has 0 bridgehead atoms. The monoisotopic (exact) mass is 234 g/mol. The van der Waals surface area contributed by atoms with Crippen molar-refractivity contribution >= 4 is 5.82 Å². The minimum Gasteiger partial charge on any atom is -0.382 e. The lowest BCUT2D eigenvalue weighted by Gasteiger charge is -2.00. The van der Waals surface area contributed by atoms with Gasteiger partial charge in [0.05, 0.1) is 6.20 Å². The molecule has 0 saturated heterocycles. The quantitative estimate of drug-likeness (QED) is 0.770. The lowest BCUT2D eigenvalue weighted by atomic mass is 10.2. The van der Waals surface area contributed by atoms with E-state index < -0.39 is 0 Å². The van der Waals surface area contributed by atoms with Crippen LogP contribution in [0.5, 0.6) is 0 Å². The number of rotatable bonds is 3. The number of imidazole rings is 1. The molecular formula is C11H18N6. The van der Waals surface area contributed by atoms with E-state index in [4.69, 9.17) is 11.6 Å². The second-order valence-electron chi connectivity index (χ2n) is 4.15. The van der Waals surface area contributed by atoms with Crippen LogP contribution in [-0.2, 0) is 13.5 Å². The fourth-order valence-corrected chi connectivity index (χ4v) is 1.82. The molecule has 2 rings (SSSR count). The molecule has 0 saturated carbocycles. The van der Waals surface area contributed by atoms with Crippen LogP contribution in [0.1, 0.15) is 24.9 Å². The van der Waals surface area contributed by atoms with Crippen LogP contribution in [0.3, 0.4) is 0 Å². The summed E-state index contributed by atoms with van der Waals surface area (Å²) in [6, 6.07) is 0. The summed E-state index contributed by atoms with van der Waals surface area (Å²) < 4.78 is 3.26. The van der Waals surface area contributed by atoms with E-state index in [1.165, 1.54) is 4.68 Å². The van der Waals surface area contributed by atoms with E-state index in [0.29, 0.717) is 5.82 Å². The van der Waals surface area contributed by atoms with Gasteiger partial charge in [-0.3, -0.25) is 4.68 Å². The smallest absolute Gasteiger partial charge is 0.150 e. The number of hydrogen-bond donors (Lipinski definition) is 2. The van der Waals surface area contributed by atoms with Gasteiger partial charge in [0.1, 0.15) is 11.5 Å². The SMILES string of the molecule is CCCc1nc(-c2cnn(C)c2C)c(N)n1N. The van der Waals surface area contributed by atoms with E-state index in [1.807, 2.05) is 14.0 Å². The van der Waals surface area contributed by atoms with E-state index in [-0.39, 0.29) is 0 Å². The lowest BCUT2D eigenvalue weighted by Crippen LogP contribution is -2.15. The highest BCUT2D eigenvalue weighted by Gasteiger charge is 2.17. The van der Waals surface area contributed by atoms with Crippen molar-refractivity contribution in [2.75, 3.05) is 11.6 Å². The van der Waals surface area contributed by atoms with Gasteiger partial charge in [-0.25, -0.2) is 9.66 Å². The van der Waals surface area contributed by atoms with Gasteiger partial charge in [-0.1, -0.05) is 6.92 Å². The van der Waals surface area contributed by atoms with Crippen molar-refractivity contribution in [3.05, 3.63) is 17.7 Å². The molecule has 0 fully saturated rings. The Morgan fingerprint density at radius 1 is 1.41 bits per heavy atom. The zero-order valence-corrected chi connectivity index (χ0v) is 10.4. The van der Waals surface area contributed by atoms with Gasteiger partial charge in [-0.15, -0.1) is 0 Å². The Bertz CT molecular complexity index is 536. The maximum Gasteiger partial charge on any atom is 0.150 e. The van der Waals surface area contributed by atoms with Crippen molar-refractivity contribution in [1.82, 2.24) is 19.4 Å². The minimum absolute atomic E-state index is 0.490. The summed E-state index contributed by atoms with van der Waals surface area (Å²) in [7, 11) is 1.89.